The molecule has 0 aliphatic carbocycles. The molecule has 29 heavy (non-hydrogen) atoms. The van der Waals surface area contributed by atoms with Gasteiger partial charge in [-0.25, -0.2) is 4.98 Å². The molecule has 2 atom stereocenters. The first-order valence-corrected chi connectivity index (χ1v) is 10.8. The number of nitrogens with one attached hydrogen (secondary N) is 2. The van der Waals surface area contributed by atoms with Crippen molar-refractivity contribution in [2.75, 3.05) is 26.2 Å². The number of pyridine rings is 1. The lowest BCUT2D eigenvalue weighted by molar-refractivity contribution is 0.200. The van der Waals surface area contributed by atoms with Gasteiger partial charge in [0.1, 0.15) is 5.82 Å². The maximum Gasteiger partial charge on any atom is 0.255 e. The molecule has 5 heterocycles. The molecule has 0 aromatic carbocycles. The number of H-pyrrole nitrogens is 1. The lowest BCUT2D eigenvalue weighted by Gasteiger charge is -2.38. The second kappa shape index (κ2) is 7.54. The van der Waals surface area contributed by atoms with E-state index in [1.54, 1.807) is 6.07 Å². The largest absolute Gasteiger partial charge is 0.316 e. The quantitative estimate of drug-likeness (QED) is 0.819. The second-order valence-corrected chi connectivity index (χ2v) is 8.96. The molecule has 3 aliphatic heterocycles. The Balaban J connectivity index is 1.28. The van der Waals surface area contributed by atoms with Gasteiger partial charge in [-0.1, -0.05) is 6.07 Å². The van der Waals surface area contributed by atoms with Crippen LogP contribution in [0.25, 0.3) is 0 Å². The van der Waals surface area contributed by atoms with E-state index in [-0.39, 0.29) is 11.1 Å². The van der Waals surface area contributed by atoms with Crippen molar-refractivity contribution in [3.05, 3.63) is 61.7 Å². The van der Waals surface area contributed by atoms with Gasteiger partial charge < -0.3 is 14.9 Å². The van der Waals surface area contributed by atoms with Crippen molar-refractivity contribution >= 4 is 0 Å². The predicted molar refractivity (Wildman–Crippen MR) is 111 cm³/mol. The minimum absolute atomic E-state index is 0.0722. The van der Waals surface area contributed by atoms with Crippen LogP contribution >= 0.6 is 0 Å². The molecule has 0 saturated carbocycles. The maximum atomic E-state index is 13.1. The summed E-state index contributed by atoms with van der Waals surface area (Å²) in [4.78, 5) is 34.5. The fourth-order valence-electron chi connectivity index (χ4n) is 5.40. The molecule has 7 heteroatoms. The van der Waals surface area contributed by atoms with Gasteiger partial charge in [-0.15, -0.1) is 0 Å². The number of likely N-dealkylation sites (tertiary alicyclic amines) is 1. The van der Waals surface area contributed by atoms with Crippen LogP contribution in [0.4, 0.5) is 0 Å². The van der Waals surface area contributed by atoms with Gasteiger partial charge in [0.25, 0.3) is 11.1 Å². The van der Waals surface area contributed by atoms with Crippen molar-refractivity contribution in [1.82, 2.24) is 24.8 Å². The molecule has 2 aromatic rings. The topological polar surface area (TPSA) is 83.0 Å². The molecule has 0 amide bonds. The van der Waals surface area contributed by atoms with E-state index in [1.165, 1.54) is 12.1 Å². The first kappa shape index (κ1) is 18.8. The molecule has 2 saturated heterocycles. The van der Waals surface area contributed by atoms with E-state index in [2.05, 4.69) is 32.3 Å². The van der Waals surface area contributed by atoms with Crippen molar-refractivity contribution in [3.63, 3.8) is 0 Å². The SMILES string of the molecule is Cc1nc(C2CCN(Cc3ccc4n(c3=O)C[C@@H]3CNC[C@H]4C3)CC2)cc(=O)[nH]1. The zero-order chi connectivity index (χ0) is 20.0. The highest BCUT2D eigenvalue weighted by Crippen LogP contribution is 2.32. The first-order valence-electron chi connectivity index (χ1n) is 10.8. The molecule has 2 bridgehead atoms. The highest BCUT2D eigenvalue weighted by Gasteiger charge is 2.31. The summed E-state index contributed by atoms with van der Waals surface area (Å²) in [5.41, 5.74) is 3.15. The van der Waals surface area contributed by atoms with Gasteiger partial charge in [-0.3, -0.25) is 14.5 Å². The number of hydrogen-bond donors (Lipinski definition) is 2. The maximum absolute atomic E-state index is 13.1. The van der Waals surface area contributed by atoms with Gasteiger partial charge in [0.15, 0.2) is 0 Å². The van der Waals surface area contributed by atoms with E-state index in [4.69, 9.17) is 0 Å². The summed E-state index contributed by atoms with van der Waals surface area (Å²) in [6, 6.07) is 5.87. The fourth-order valence-corrected chi connectivity index (χ4v) is 5.40. The van der Waals surface area contributed by atoms with Gasteiger partial charge in [-0.2, -0.15) is 0 Å². The smallest absolute Gasteiger partial charge is 0.255 e. The van der Waals surface area contributed by atoms with Crippen molar-refractivity contribution in [2.24, 2.45) is 5.92 Å². The summed E-state index contributed by atoms with van der Waals surface area (Å²) in [6.07, 6.45) is 3.14. The van der Waals surface area contributed by atoms with E-state index in [1.807, 2.05) is 11.5 Å². The highest BCUT2D eigenvalue weighted by molar-refractivity contribution is 5.22. The monoisotopic (exact) mass is 395 g/mol. The number of aryl methyl sites for hydroxylation is 1. The molecule has 2 N–H and O–H groups in total. The summed E-state index contributed by atoms with van der Waals surface area (Å²) in [7, 11) is 0. The van der Waals surface area contributed by atoms with Crippen LogP contribution < -0.4 is 16.4 Å². The Morgan fingerprint density at radius 3 is 2.76 bits per heavy atom. The zero-order valence-electron chi connectivity index (χ0n) is 17.0. The number of piperidine rings is 2. The van der Waals surface area contributed by atoms with Crippen LogP contribution in [0.3, 0.4) is 0 Å². The molecule has 7 nitrogen and oxygen atoms in total. The molecule has 0 radical (unpaired) electrons. The Kier molecular flexibility index (Phi) is 4.87. The number of rotatable bonds is 3. The van der Waals surface area contributed by atoms with E-state index in [0.29, 0.717) is 30.1 Å². The summed E-state index contributed by atoms with van der Waals surface area (Å²) < 4.78 is 2.05. The van der Waals surface area contributed by atoms with Crippen LogP contribution in [0.2, 0.25) is 0 Å². The molecule has 2 fully saturated rings. The lowest BCUT2D eigenvalue weighted by atomic mass is 9.84. The highest BCUT2D eigenvalue weighted by atomic mass is 16.1. The summed E-state index contributed by atoms with van der Waals surface area (Å²) in [5.74, 6) is 2.06. The Bertz CT molecular complexity index is 1020. The minimum Gasteiger partial charge on any atom is -0.316 e. The summed E-state index contributed by atoms with van der Waals surface area (Å²) >= 11 is 0. The van der Waals surface area contributed by atoms with Gasteiger partial charge in [0, 0.05) is 48.8 Å². The summed E-state index contributed by atoms with van der Waals surface area (Å²) in [6.45, 7) is 7.24. The standard InChI is InChI=1S/C22H29N5O2/c1-14-24-19(9-21(28)25-14)16-4-6-26(7-5-16)13-17-2-3-20-18-8-15(10-23-11-18)12-27(20)22(17)29/h2-3,9,15-16,18,23H,4-8,10-13H2,1H3,(H,24,25,28)/t15-,18+/m0/s1. The van der Waals surface area contributed by atoms with Gasteiger partial charge in [0.2, 0.25) is 0 Å². The summed E-state index contributed by atoms with van der Waals surface area (Å²) in [5, 5.41) is 3.50. The zero-order valence-corrected chi connectivity index (χ0v) is 17.0. The minimum atomic E-state index is -0.0722. The number of aromatic nitrogens is 3. The molecular formula is C22H29N5O2. The van der Waals surface area contributed by atoms with Gasteiger partial charge in [0.05, 0.1) is 5.69 Å². The second-order valence-electron chi connectivity index (χ2n) is 8.96. The molecule has 2 aromatic heterocycles. The van der Waals surface area contributed by atoms with Crippen molar-refractivity contribution in [3.8, 4) is 0 Å². The van der Waals surface area contributed by atoms with Gasteiger partial charge >= 0.3 is 0 Å². The Morgan fingerprint density at radius 2 is 1.97 bits per heavy atom. The van der Waals surface area contributed by atoms with Crippen LogP contribution in [-0.4, -0.2) is 45.6 Å². The number of hydrogen-bond acceptors (Lipinski definition) is 5. The first-order chi connectivity index (χ1) is 14.1. The number of aromatic amines is 1. The third-order valence-electron chi connectivity index (χ3n) is 6.87. The van der Waals surface area contributed by atoms with Crippen LogP contribution in [-0.2, 0) is 13.1 Å². The van der Waals surface area contributed by atoms with E-state index >= 15 is 0 Å². The lowest BCUT2D eigenvalue weighted by Crippen LogP contribution is -2.45. The normalized spacial score (nSPS) is 25.0. The molecule has 5 rings (SSSR count). The van der Waals surface area contributed by atoms with Crippen LogP contribution in [0, 0.1) is 12.8 Å². The van der Waals surface area contributed by atoms with Crippen molar-refractivity contribution in [1.29, 1.82) is 0 Å². The van der Waals surface area contributed by atoms with Gasteiger partial charge in [-0.05, 0) is 57.8 Å². The average molecular weight is 396 g/mol. The number of fused-ring (bicyclic) bond motifs is 4. The van der Waals surface area contributed by atoms with Crippen LogP contribution in [0.15, 0.2) is 27.8 Å². The third kappa shape index (κ3) is 3.69. The van der Waals surface area contributed by atoms with E-state index in [9.17, 15) is 9.59 Å². The Hall–Kier alpha value is -2.25. The molecule has 0 spiro atoms. The van der Waals surface area contributed by atoms with E-state index < -0.39 is 0 Å². The van der Waals surface area contributed by atoms with Crippen molar-refractivity contribution < 1.29 is 0 Å². The Morgan fingerprint density at radius 1 is 1.14 bits per heavy atom. The molecule has 154 valence electrons. The van der Waals surface area contributed by atoms with Crippen molar-refractivity contribution in [2.45, 2.75) is 51.1 Å². The van der Waals surface area contributed by atoms with Crippen LogP contribution in [0.1, 0.15) is 53.9 Å². The molecule has 0 unspecified atom stereocenters. The number of nitrogens with zero attached hydrogens (tertiary/aromatic N) is 3. The van der Waals surface area contributed by atoms with Crippen LogP contribution in [0.5, 0.6) is 0 Å². The molecule has 3 aliphatic rings. The predicted octanol–water partition coefficient (Wildman–Crippen LogP) is 1.33. The molecular weight excluding hydrogens is 366 g/mol. The Labute approximate surface area is 170 Å². The fraction of sp³-hybridized carbons (Fsp3) is 0.591. The van der Waals surface area contributed by atoms with E-state index in [0.717, 1.165) is 56.8 Å². The third-order valence-corrected chi connectivity index (χ3v) is 6.87. The average Bonchev–Trinajstić information content (AvgIpc) is 2.71.